The molecule has 0 unspecified atom stereocenters. The number of methoxy groups -OCH3 is 1. The lowest BCUT2D eigenvalue weighted by atomic mass is 10.2. The number of ether oxygens (including phenoxy) is 2. The van der Waals surface area contributed by atoms with Gasteiger partial charge < -0.3 is 19.6 Å². The Morgan fingerprint density at radius 2 is 1.88 bits per heavy atom. The van der Waals surface area contributed by atoms with Gasteiger partial charge in [-0.05, 0) is 37.3 Å². The summed E-state index contributed by atoms with van der Waals surface area (Å²) in [4.78, 5) is 26.8. The third kappa shape index (κ3) is 4.14. The molecule has 0 aliphatic carbocycles. The van der Waals surface area contributed by atoms with Gasteiger partial charge in [-0.25, -0.2) is 15.0 Å². The van der Waals surface area contributed by atoms with Crippen LogP contribution < -0.4 is 19.9 Å². The van der Waals surface area contributed by atoms with E-state index in [1.807, 2.05) is 60.7 Å². The normalized spacial score (nSPS) is 10.6. The first-order valence-corrected chi connectivity index (χ1v) is 9.76. The van der Waals surface area contributed by atoms with Gasteiger partial charge >= 0.3 is 5.91 Å². The molecular weight excluding hydrogens is 410 g/mol. The third-order valence-electron chi connectivity index (χ3n) is 4.87. The minimum absolute atomic E-state index is 0.263. The Bertz CT molecular complexity index is 1280. The SMILES string of the molecule is COc1ccc(N(C)c2nc(C)nc3ccccc23)cc1Oc1ccc(C(=O)N[OH2+])cn1. The van der Waals surface area contributed by atoms with Crippen LogP contribution in [0.4, 0.5) is 11.5 Å². The van der Waals surface area contributed by atoms with Crippen molar-refractivity contribution in [2.45, 2.75) is 6.92 Å². The molecule has 0 spiro atoms. The zero-order valence-corrected chi connectivity index (χ0v) is 17.8. The fourth-order valence-corrected chi connectivity index (χ4v) is 3.26. The minimum Gasteiger partial charge on any atom is -0.493 e. The number of hydroxylamine groups is 1. The highest BCUT2D eigenvalue weighted by atomic mass is 16.5. The maximum atomic E-state index is 11.5. The molecule has 1 amide bonds. The van der Waals surface area contributed by atoms with E-state index in [2.05, 4.69) is 15.0 Å². The lowest BCUT2D eigenvalue weighted by molar-refractivity contribution is 0.0706. The van der Waals surface area contributed by atoms with Crippen LogP contribution in [0.25, 0.3) is 10.9 Å². The molecule has 9 nitrogen and oxygen atoms in total. The summed E-state index contributed by atoms with van der Waals surface area (Å²) in [5, 5.41) is 7.88. The highest BCUT2D eigenvalue weighted by molar-refractivity contribution is 5.93. The molecule has 3 N–H and O–H groups in total. The van der Waals surface area contributed by atoms with Crippen LogP contribution in [0.5, 0.6) is 17.4 Å². The monoisotopic (exact) mass is 432 g/mol. The number of para-hydroxylation sites is 1. The van der Waals surface area contributed by atoms with Gasteiger partial charge in [-0.2, -0.15) is 0 Å². The quantitative estimate of drug-likeness (QED) is 0.367. The fourth-order valence-electron chi connectivity index (χ4n) is 3.26. The minimum atomic E-state index is -0.544. The number of anilines is 2. The van der Waals surface area contributed by atoms with Gasteiger partial charge in [0.1, 0.15) is 11.6 Å². The molecule has 4 rings (SSSR count). The van der Waals surface area contributed by atoms with Crippen molar-refractivity contribution in [2.24, 2.45) is 0 Å². The Balaban J connectivity index is 1.69. The number of aromatic nitrogens is 3. The smallest absolute Gasteiger partial charge is 0.315 e. The third-order valence-corrected chi connectivity index (χ3v) is 4.87. The Hall–Kier alpha value is -4.24. The number of hydrogen-bond donors (Lipinski definition) is 1. The van der Waals surface area contributed by atoms with Gasteiger partial charge in [0.15, 0.2) is 11.5 Å². The van der Waals surface area contributed by atoms with Crippen molar-refractivity contribution in [3.05, 3.63) is 72.2 Å². The van der Waals surface area contributed by atoms with Crippen molar-refractivity contribution in [3.8, 4) is 17.4 Å². The standard InChI is InChI=1S/C23H21N5O4/c1-14-25-18-7-5-4-6-17(18)22(26-14)28(2)16-9-10-19(31-3)20(12-16)32-21-11-8-15(13-24-21)23(29)27-30/h4-13,30H,1-3H3,(H,27,29)/p+1. The molecule has 0 saturated carbocycles. The van der Waals surface area contributed by atoms with Crippen molar-refractivity contribution in [1.29, 1.82) is 0 Å². The van der Waals surface area contributed by atoms with Crippen LogP contribution in [0.2, 0.25) is 0 Å². The van der Waals surface area contributed by atoms with Gasteiger partial charge in [0, 0.05) is 36.5 Å². The zero-order valence-electron chi connectivity index (χ0n) is 17.8. The van der Waals surface area contributed by atoms with E-state index in [0.29, 0.717) is 17.3 Å². The molecule has 2 aromatic heterocycles. The second kappa shape index (κ2) is 8.86. The summed E-state index contributed by atoms with van der Waals surface area (Å²) in [6.45, 7) is 1.86. The molecule has 32 heavy (non-hydrogen) atoms. The Labute approximate surface area is 184 Å². The second-order valence-electron chi connectivity index (χ2n) is 6.95. The number of fused-ring (bicyclic) bond motifs is 1. The van der Waals surface area contributed by atoms with E-state index in [-0.39, 0.29) is 11.4 Å². The molecule has 0 atom stereocenters. The number of aryl methyl sites for hydroxylation is 1. The van der Waals surface area contributed by atoms with Crippen LogP contribution in [0.3, 0.4) is 0 Å². The predicted molar refractivity (Wildman–Crippen MR) is 121 cm³/mol. The summed E-state index contributed by atoms with van der Waals surface area (Å²) < 4.78 is 11.4. The van der Waals surface area contributed by atoms with E-state index in [9.17, 15) is 4.79 Å². The topological polar surface area (TPSA) is 112 Å². The van der Waals surface area contributed by atoms with Gasteiger partial charge in [0.25, 0.3) is 0 Å². The number of hydrogen-bond acceptors (Lipinski definition) is 7. The summed E-state index contributed by atoms with van der Waals surface area (Å²) in [5.74, 6) is 2.17. The van der Waals surface area contributed by atoms with Crippen LogP contribution in [0.15, 0.2) is 60.8 Å². The first-order valence-electron chi connectivity index (χ1n) is 9.76. The first-order chi connectivity index (χ1) is 15.5. The number of nitrogens with one attached hydrogen (secondary N) is 1. The molecule has 4 aromatic rings. The van der Waals surface area contributed by atoms with E-state index >= 15 is 0 Å². The zero-order chi connectivity index (χ0) is 22.7. The number of rotatable bonds is 6. The van der Waals surface area contributed by atoms with Gasteiger partial charge in [0.2, 0.25) is 5.88 Å². The van der Waals surface area contributed by atoms with Gasteiger partial charge in [-0.1, -0.05) is 12.1 Å². The predicted octanol–water partition coefficient (Wildman–Crippen LogP) is 3.27. The summed E-state index contributed by atoms with van der Waals surface area (Å²) in [6.07, 6.45) is 1.34. The van der Waals surface area contributed by atoms with Crippen molar-refractivity contribution in [1.82, 2.24) is 20.4 Å². The maximum Gasteiger partial charge on any atom is 0.315 e. The Morgan fingerprint density at radius 3 is 2.59 bits per heavy atom. The molecule has 162 valence electrons. The summed E-state index contributed by atoms with van der Waals surface area (Å²) >= 11 is 0. The number of nitrogens with zero attached hydrogens (tertiary/aromatic N) is 4. The molecular formula is C23H22N5O4+. The van der Waals surface area contributed by atoms with Gasteiger partial charge in [-0.15, -0.1) is 5.48 Å². The number of carbonyl (C=O) groups excluding carboxylic acids is 1. The lowest BCUT2D eigenvalue weighted by Gasteiger charge is -2.22. The van der Waals surface area contributed by atoms with E-state index in [1.165, 1.54) is 12.3 Å². The average molecular weight is 432 g/mol. The number of carbonyl (C=O) groups is 1. The van der Waals surface area contributed by atoms with Gasteiger partial charge in [-0.3, -0.25) is 4.79 Å². The van der Waals surface area contributed by atoms with Crippen LogP contribution in [-0.2, 0) is 0 Å². The molecule has 0 saturated heterocycles. The lowest BCUT2D eigenvalue weighted by Crippen LogP contribution is -2.18. The largest absolute Gasteiger partial charge is 0.493 e. The van der Waals surface area contributed by atoms with E-state index in [0.717, 1.165) is 22.4 Å². The van der Waals surface area contributed by atoms with Crippen LogP contribution in [0.1, 0.15) is 16.2 Å². The molecule has 0 fully saturated rings. The van der Waals surface area contributed by atoms with Crippen LogP contribution in [-0.4, -0.2) is 40.2 Å². The molecule has 9 heteroatoms. The molecule has 0 radical (unpaired) electrons. The molecule has 2 heterocycles. The summed E-state index contributed by atoms with van der Waals surface area (Å²) in [6, 6.07) is 16.5. The average Bonchev–Trinajstić information content (AvgIpc) is 2.83. The number of benzene rings is 2. The van der Waals surface area contributed by atoms with Crippen LogP contribution >= 0.6 is 0 Å². The molecule has 0 bridgehead atoms. The van der Waals surface area contributed by atoms with Crippen molar-refractivity contribution >= 4 is 28.3 Å². The Kier molecular flexibility index (Phi) is 5.82. The Morgan fingerprint density at radius 1 is 1.06 bits per heavy atom. The maximum absolute atomic E-state index is 11.5. The highest BCUT2D eigenvalue weighted by Gasteiger charge is 2.16. The van der Waals surface area contributed by atoms with E-state index in [4.69, 9.17) is 14.7 Å². The van der Waals surface area contributed by atoms with Gasteiger partial charge in [0.05, 0.1) is 18.2 Å². The van der Waals surface area contributed by atoms with Crippen molar-refractivity contribution < 1.29 is 19.5 Å². The van der Waals surface area contributed by atoms with E-state index < -0.39 is 5.91 Å². The fraction of sp³-hybridized carbons (Fsp3) is 0.130. The highest BCUT2D eigenvalue weighted by Crippen LogP contribution is 2.37. The van der Waals surface area contributed by atoms with Crippen molar-refractivity contribution in [3.63, 3.8) is 0 Å². The van der Waals surface area contributed by atoms with Crippen molar-refractivity contribution in [2.75, 3.05) is 19.1 Å². The van der Waals surface area contributed by atoms with Crippen LogP contribution in [0, 0.1) is 6.92 Å². The molecule has 0 aliphatic heterocycles. The second-order valence-corrected chi connectivity index (χ2v) is 6.95. The summed E-state index contributed by atoms with van der Waals surface area (Å²) in [5.41, 5.74) is 3.77. The molecule has 2 aromatic carbocycles. The summed E-state index contributed by atoms with van der Waals surface area (Å²) in [7, 11) is 3.48. The van der Waals surface area contributed by atoms with E-state index in [1.54, 1.807) is 19.2 Å². The molecule has 0 aliphatic rings. The first kappa shape index (κ1) is 21.0. The number of pyridine rings is 1. The number of amides is 1.